The van der Waals surface area contributed by atoms with Gasteiger partial charge in [0.25, 0.3) is 17.3 Å². The molecule has 3 rings (SSSR count). The first-order chi connectivity index (χ1) is 12.8. The minimum absolute atomic E-state index is 0.167. The molecule has 136 valence electrons. The first-order valence-corrected chi connectivity index (χ1v) is 8.84. The first-order valence-electron chi connectivity index (χ1n) is 7.24. The van der Waals surface area contributed by atoms with Gasteiger partial charge in [-0.05, 0) is 18.2 Å². The second kappa shape index (κ2) is 7.43. The van der Waals surface area contributed by atoms with Crippen LogP contribution in [0.1, 0.15) is 5.56 Å². The molecule has 1 aliphatic heterocycles. The highest BCUT2D eigenvalue weighted by Crippen LogP contribution is 2.38. The van der Waals surface area contributed by atoms with E-state index in [0.717, 1.165) is 11.8 Å². The Hall–Kier alpha value is -2.82. The molecule has 1 amide bonds. The molecule has 0 unspecified atom stereocenters. The van der Waals surface area contributed by atoms with Gasteiger partial charge in [-0.1, -0.05) is 41.6 Å². The van der Waals surface area contributed by atoms with E-state index in [9.17, 15) is 25.0 Å². The maximum absolute atomic E-state index is 12.7. The van der Waals surface area contributed by atoms with Crippen molar-refractivity contribution in [2.24, 2.45) is 0 Å². The SMILES string of the molecule is O=C1C(=Cc2cc([N+](=O)[O-])ccc2Cl)SC(=S)N1c1cccc([N+](=O)[O-])c1. The van der Waals surface area contributed by atoms with Crippen molar-refractivity contribution in [3.05, 3.63) is 78.2 Å². The number of benzene rings is 2. The standard InChI is InChI=1S/C16H8ClN3O5S2/c17-13-5-4-12(20(24)25)6-9(13)7-14-15(21)18(16(26)27-14)10-2-1-3-11(8-10)19(22)23/h1-8H. The zero-order valence-corrected chi connectivity index (χ0v) is 15.6. The van der Waals surface area contributed by atoms with E-state index in [2.05, 4.69) is 0 Å². The Morgan fingerprint density at radius 3 is 2.41 bits per heavy atom. The number of nitrogens with zero attached hydrogens (tertiary/aromatic N) is 3. The monoisotopic (exact) mass is 421 g/mol. The second-order valence-electron chi connectivity index (χ2n) is 5.26. The number of thiocarbonyl (C=S) groups is 1. The fraction of sp³-hybridized carbons (Fsp3) is 0. The molecule has 0 aliphatic carbocycles. The molecular weight excluding hydrogens is 414 g/mol. The van der Waals surface area contributed by atoms with Crippen molar-refractivity contribution in [1.29, 1.82) is 0 Å². The summed E-state index contributed by atoms with van der Waals surface area (Å²) in [6, 6.07) is 9.41. The number of rotatable bonds is 4. The van der Waals surface area contributed by atoms with Gasteiger partial charge in [0.05, 0.1) is 20.4 Å². The second-order valence-corrected chi connectivity index (χ2v) is 7.34. The Balaban J connectivity index is 1.98. The van der Waals surface area contributed by atoms with Crippen LogP contribution in [0.3, 0.4) is 0 Å². The highest BCUT2D eigenvalue weighted by atomic mass is 35.5. The molecule has 0 radical (unpaired) electrons. The predicted octanol–water partition coefficient (Wildman–Crippen LogP) is 4.56. The summed E-state index contributed by atoms with van der Waals surface area (Å²) >= 11 is 12.3. The number of carbonyl (C=O) groups is 1. The number of hydrogen-bond donors (Lipinski definition) is 0. The first kappa shape index (κ1) is 19.0. The summed E-state index contributed by atoms with van der Waals surface area (Å²) in [4.78, 5) is 34.8. The van der Waals surface area contributed by atoms with Gasteiger partial charge in [-0.15, -0.1) is 0 Å². The Kier molecular flexibility index (Phi) is 5.22. The molecule has 0 spiro atoms. The topological polar surface area (TPSA) is 107 Å². The van der Waals surface area contributed by atoms with Crippen LogP contribution >= 0.6 is 35.6 Å². The van der Waals surface area contributed by atoms with Crippen LogP contribution in [-0.2, 0) is 4.79 Å². The number of halogens is 1. The van der Waals surface area contributed by atoms with E-state index in [4.69, 9.17) is 23.8 Å². The highest BCUT2D eigenvalue weighted by Gasteiger charge is 2.34. The number of carbonyl (C=O) groups excluding carboxylic acids is 1. The van der Waals surface area contributed by atoms with Crippen LogP contribution in [-0.4, -0.2) is 20.1 Å². The molecule has 27 heavy (non-hydrogen) atoms. The fourth-order valence-electron chi connectivity index (χ4n) is 2.33. The van der Waals surface area contributed by atoms with Crippen LogP contribution in [0.2, 0.25) is 5.02 Å². The maximum atomic E-state index is 12.7. The molecule has 0 bridgehead atoms. The Labute approximate surface area is 166 Å². The highest BCUT2D eigenvalue weighted by molar-refractivity contribution is 8.27. The third-order valence-corrected chi connectivity index (χ3v) is 5.22. The van der Waals surface area contributed by atoms with Crippen LogP contribution < -0.4 is 4.90 Å². The van der Waals surface area contributed by atoms with E-state index in [1.807, 2.05) is 0 Å². The van der Waals surface area contributed by atoms with Gasteiger partial charge in [0, 0.05) is 34.9 Å². The van der Waals surface area contributed by atoms with Gasteiger partial charge in [0.1, 0.15) is 0 Å². The van der Waals surface area contributed by atoms with Crippen LogP contribution in [0, 0.1) is 20.2 Å². The van der Waals surface area contributed by atoms with Crippen LogP contribution in [0.15, 0.2) is 47.4 Å². The minimum atomic E-state index is -0.570. The molecule has 0 aromatic heterocycles. The summed E-state index contributed by atoms with van der Waals surface area (Å²) in [6.07, 6.45) is 1.41. The summed E-state index contributed by atoms with van der Waals surface area (Å²) in [5, 5.41) is 22.1. The van der Waals surface area contributed by atoms with Gasteiger partial charge < -0.3 is 0 Å². The fourth-order valence-corrected chi connectivity index (χ4v) is 3.79. The van der Waals surface area contributed by atoms with Crippen molar-refractivity contribution in [2.45, 2.75) is 0 Å². The molecule has 1 heterocycles. The minimum Gasteiger partial charge on any atom is -0.268 e. The molecule has 1 fully saturated rings. The summed E-state index contributed by atoms with van der Waals surface area (Å²) in [6.45, 7) is 0. The smallest absolute Gasteiger partial charge is 0.268 e. The lowest BCUT2D eigenvalue weighted by atomic mass is 10.2. The number of non-ortho nitro benzene ring substituents is 2. The van der Waals surface area contributed by atoms with Crippen LogP contribution in [0.5, 0.6) is 0 Å². The summed E-state index contributed by atoms with van der Waals surface area (Å²) in [5.74, 6) is -0.493. The quantitative estimate of drug-likeness (QED) is 0.308. The third-order valence-electron chi connectivity index (χ3n) is 3.57. The molecule has 2 aromatic rings. The maximum Gasteiger partial charge on any atom is 0.271 e. The summed E-state index contributed by atoms with van der Waals surface area (Å²) < 4.78 is 0.188. The number of nitro groups is 2. The molecule has 0 saturated carbocycles. The molecule has 0 N–H and O–H groups in total. The van der Waals surface area contributed by atoms with Gasteiger partial charge in [-0.25, -0.2) is 0 Å². The van der Waals surface area contributed by atoms with E-state index >= 15 is 0 Å². The van der Waals surface area contributed by atoms with Gasteiger partial charge in [0.2, 0.25) is 0 Å². The van der Waals surface area contributed by atoms with Crippen molar-refractivity contribution >= 4 is 68.9 Å². The van der Waals surface area contributed by atoms with E-state index in [0.29, 0.717) is 5.56 Å². The van der Waals surface area contributed by atoms with Gasteiger partial charge >= 0.3 is 0 Å². The zero-order valence-electron chi connectivity index (χ0n) is 13.2. The van der Waals surface area contributed by atoms with Crippen molar-refractivity contribution in [3.63, 3.8) is 0 Å². The lowest BCUT2D eigenvalue weighted by Crippen LogP contribution is -2.27. The van der Waals surface area contributed by atoms with E-state index in [-0.39, 0.29) is 31.3 Å². The molecule has 0 atom stereocenters. The summed E-state index contributed by atoms with van der Waals surface area (Å²) in [5.41, 5.74) is 0.220. The molecule has 1 aliphatic rings. The van der Waals surface area contributed by atoms with E-state index < -0.39 is 15.8 Å². The number of amides is 1. The van der Waals surface area contributed by atoms with Crippen LogP contribution in [0.4, 0.5) is 17.1 Å². The largest absolute Gasteiger partial charge is 0.271 e. The van der Waals surface area contributed by atoms with E-state index in [1.165, 1.54) is 53.4 Å². The molecule has 2 aromatic carbocycles. The van der Waals surface area contributed by atoms with Crippen LogP contribution in [0.25, 0.3) is 6.08 Å². The zero-order chi connectivity index (χ0) is 19.7. The molecule has 11 heteroatoms. The van der Waals surface area contributed by atoms with Crippen molar-refractivity contribution in [3.8, 4) is 0 Å². The summed E-state index contributed by atoms with van der Waals surface area (Å²) in [7, 11) is 0. The number of nitro benzene ring substituents is 2. The number of hydrogen-bond acceptors (Lipinski definition) is 7. The van der Waals surface area contributed by atoms with Gasteiger partial charge in [0.15, 0.2) is 4.32 Å². The normalized spacial score (nSPS) is 15.4. The Morgan fingerprint density at radius 1 is 1.07 bits per heavy atom. The van der Waals surface area contributed by atoms with Gasteiger partial charge in [-0.3, -0.25) is 29.9 Å². The van der Waals surface area contributed by atoms with Crippen molar-refractivity contribution in [1.82, 2.24) is 0 Å². The van der Waals surface area contributed by atoms with Gasteiger partial charge in [-0.2, -0.15) is 0 Å². The average Bonchev–Trinajstić information content (AvgIpc) is 2.90. The average molecular weight is 422 g/mol. The lowest BCUT2D eigenvalue weighted by molar-refractivity contribution is -0.385. The Morgan fingerprint density at radius 2 is 1.74 bits per heavy atom. The molecule has 1 saturated heterocycles. The lowest BCUT2D eigenvalue weighted by Gasteiger charge is -2.13. The number of thioether (sulfide) groups is 1. The Bertz CT molecular complexity index is 1040. The van der Waals surface area contributed by atoms with E-state index in [1.54, 1.807) is 0 Å². The molecular formula is C16H8ClN3O5S2. The third kappa shape index (κ3) is 3.82. The molecule has 8 nitrogen and oxygen atoms in total. The number of anilines is 1. The predicted molar refractivity (Wildman–Crippen MR) is 107 cm³/mol. The van der Waals surface area contributed by atoms with Crippen molar-refractivity contribution < 1.29 is 14.6 Å². The van der Waals surface area contributed by atoms with Crippen molar-refractivity contribution in [2.75, 3.05) is 4.90 Å².